The first-order chi connectivity index (χ1) is 28.5. The van der Waals surface area contributed by atoms with E-state index in [4.69, 9.17) is 0 Å². The number of fused-ring (bicyclic) bond motifs is 3. The number of benzene rings is 7. The molecule has 3 aliphatic carbocycles. The maximum Gasteiger partial charge on any atom is 0.0465 e. The molecule has 58 heavy (non-hydrogen) atoms. The highest BCUT2D eigenvalue weighted by atomic mass is 15.1. The first-order valence-electron chi connectivity index (χ1n) is 22.1. The average Bonchev–Trinajstić information content (AvgIpc) is 3.53. The van der Waals surface area contributed by atoms with Gasteiger partial charge in [0.15, 0.2) is 0 Å². The minimum Gasteiger partial charge on any atom is -0.310 e. The van der Waals surface area contributed by atoms with Gasteiger partial charge in [-0.1, -0.05) is 174 Å². The summed E-state index contributed by atoms with van der Waals surface area (Å²) in [5, 5.41) is 0. The van der Waals surface area contributed by atoms with E-state index in [0.717, 1.165) is 17.3 Å². The van der Waals surface area contributed by atoms with Gasteiger partial charge in [-0.05, 0) is 147 Å². The van der Waals surface area contributed by atoms with Gasteiger partial charge in [-0.25, -0.2) is 0 Å². The Morgan fingerprint density at radius 1 is 0.362 bits per heavy atom. The van der Waals surface area contributed by atoms with Crippen LogP contribution < -0.4 is 4.90 Å². The second-order valence-electron chi connectivity index (χ2n) is 17.8. The van der Waals surface area contributed by atoms with Crippen molar-refractivity contribution in [1.82, 2.24) is 0 Å². The summed E-state index contributed by atoms with van der Waals surface area (Å²) in [6.45, 7) is 4.74. The van der Waals surface area contributed by atoms with E-state index in [1.54, 1.807) is 0 Å². The van der Waals surface area contributed by atoms with Crippen LogP contribution in [0, 0.1) is 0 Å². The molecule has 0 bridgehead atoms. The first kappa shape index (κ1) is 36.7. The summed E-state index contributed by atoms with van der Waals surface area (Å²) in [6, 6.07) is 62.3. The van der Waals surface area contributed by atoms with Crippen molar-refractivity contribution in [3.63, 3.8) is 0 Å². The van der Waals surface area contributed by atoms with E-state index >= 15 is 0 Å². The van der Waals surface area contributed by atoms with Gasteiger partial charge < -0.3 is 4.90 Å². The number of hydrogen-bond donors (Lipinski definition) is 0. The molecule has 2 saturated carbocycles. The van der Waals surface area contributed by atoms with Crippen molar-refractivity contribution < 1.29 is 0 Å². The third kappa shape index (κ3) is 7.00. The normalized spacial score (nSPS) is 16.4. The monoisotopic (exact) mass is 753 g/mol. The topological polar surface area (TPSA) is 3.24 Å². The zero-order valence-electron chi connectivity index (χ0n) is 34.3. The van der Waals surface area contributed by atoms with Crippen LogP contribution in [0.15, 0.2) is 164 Å². The summed E-state index contributed by atoms with van der Waals surface area (Å²) in [5.74, 6) is 1.43. The molecule has 1 heteroatoms. The van der Waals surface area contributed by atoms with Crippen molar-refractivity contribution in [1.29, 1.82) is 0 Å². The van der Waals surface area contributed by atoms with Gasteiger partial charge in [0.25, 0.3) is 0 Å². The molecule has 0 saturated heterocycles. The van der Waals surface area contributed by atoms with Crippen LogP contribution in [0.5, 0.6) is 0 Å². The molecule has 10 rings (SSSR count). The molecule has 288 valence electrons. The standard InChI is InChI=1S/C57H55N/c1-57(2)55-22-10-9-21-53(55)54-36-35-52(39-56(54)57)58(50-31-27-44(28-32-50)48-19-11-17-46(37-48)41-15-7-4-8-16-41)51-33-29-45(30-34-51)49-20-12-18-47(38-49)43-25-23-42(24-26-43)40-13-5-3-6-14-40/h9-12,17-41H,3-8,13-16H2,1-2H3. The minimum absolute atomic E-state index is 0.0775. The lowest BCUT2D eigenvalue weighted by molar-refractivity contribution is 0.443. The van der Waals surface area contributed by atoms with Crippen molar-refractivity contribution in [2.75, 3.05) is 4.90 Å². The number of nitrogens with zero attached hydrogens (tertiary/aromatic N) is 1. The molecule has 0 unspecified atom stereocenters. The van der Waals surface area contributed by atoms with Crippen LogP contribution in [0.1, 0.15) is 112 Å². The lowest BCUT2D eigenvalue weighted by atomic mass is 9.82. The molecule has 0 radical (unpaired) electrons. The van der Waals surface area contributed by atoms with E-state index < -0.39 is 0 Å². The maximum absolute atomic E-state index is 2.45. The zero-order valence-corrected chi connectivity index (χ0v) is 34.3. The smallest absolute Gasteiger partial charge is 0.0465 e. The van der Waals surface area contributed by atoms with E-state index in [0.29, 0.717) is 5.92 Å². The van der Waals surface area contributed by atoms with Gasteiger partial charge >= 0.3 is 0 Å². The van der Waals surface area contributed by atoms with Crippen molar-refractivity contribution >= 4 is 17.1 Å². The van der Waals surface area contributed by atoms with Gasteiger partial charge in [-0.15, -0.1) is 0 Å². The maximum atomic E-state index is 2.45. The lowest BCUT2D eigenvalue weighted by Crippen LogP contribution is -2.16. The van der Waals surface area contributed by atoms with Crippen molar-refractivity contribution in [3.8, 4) is 44.5 Å². The van der Waals surface area contributed by atoms with Gasteiger partial charge in [0.1, 0.15) is 0 Å². The molecule has 1 nitrogen and oxygen atoms in total. The summed E-state index contributed by atoms with van der Waals surface area (Å²) < 4.78 is 0. The van der Waals surface area contributed by atoms with Crippen molar-refractivity contribution in [2.45, 2.75) is 95.3 Å². The molecule has 7 aromatic carbocycles. The molecule has 0 N–H and O–H groups in total. The Labute approximate surface area is 346 Å². The fourth-order valence-electron chi connectivity index (χ4n) is 10.6. The van der Waals surface area contributed by atoms with Crippen LogP contribution >= 0.6 is 0 Å². The van der Waals surface area contributed by atoms with Gasteiger partial charge in [-0.3, -0.25) is 0 Å². The van der Waals surface area contributed by atoms with E-state index in [1.165, 1.54) is 137 Å². The molecule has 0 amide bonds. The Bertz CT molecular complexity index is 2530. The van der Waals surface area contributed by atoms with Crippen LogP contribution in [-0.2, 0) is 5.41 Å². The molecule has 0 spiro atoms. The van der Waals surface area contributed by atoms with Crippen molar-refractivity contribution in [3.05, 3.63) is 186 Å². The Morgan fingerprint density at radius 2 is 0.845 bits per heavy atom. The Balaban J connectivity index is 0.980. The Kier molecular flexibility index (Phi) is 9.86. The number of rotatable bonds is 8. The fraction of sp³-hybridized carbons (Fsp3) is 0.263. The summed E-state index contributed by atoms with van der Waals surface area (Å²) in [6.07, 6.45) is 13.5. The highest BCUT2D eigenvalue weighted by Gasteiger charge is 2.35. The average molecular weight is 754 g/mol. The number of anilines is 3. The lowest BCUT2D eigenvalue weighted by Gasteiger charge is -2.28. The molecule has 0 aliphatic heterocycles. The van der Waals surface area contributed by atoms with Crippen LogP contribution in [0.4, 0.5) is 17.1 Å². The van der Waals surface area contributed by atoms with E-state index in [9.17, 15) is 0 Å². The highest BCUT2D eigenvalue weighted by Crippen LogP contribution is 2.51. The molecule has 7 aromatic rings. The van der Waals surface area contributed by atoms with Crippen LogP contribution in [-0.4, -0.2) is 0 Å². The SMILES string of the molecule is CC1(C)c2ccccc2-c2ccc(N(c3ccc(-c4cccc(-c5ccc(C6CCCCC6)cc5)c4)cc3)c3ccc(-c4cccc(C5CCCCC5)c4)cc3)cc21. The van der Waals surface area contributed by atoms with Crippen LogP contribution in [0.2, 0.25) is 0 Å². The predicted molar refractivity (Wildman–Crippen MR) is 247 cm³/mol. The van der Waals surface area contributed by atoms with E-state index in [-0.39, 0.29) is 5.41 Å². The highest BCUT2D eigenvalue weighted by molar-refractivity contribution is 5.86. The quantitative estimate of drug-likeness (QED) is 0.149. The summed E-state index contributed by atoms with van der Waals surface area (Å²) in [7, 11) is 0. The molecule has 2 fully saturated rings. The second-order valence-corrected chi connectivity index (χ2v) is 17.8. The molecule has 0 aromatic heterocycles. The molecule has 0 heterocycles. The van der Waals surface area contributed by atoms with Crippen molar-refractivity contribution in [2.24, 2.45) is 0 Å². The summed E-state index contributed by atoms with van der Waals surface area (Å²) in [5.41, 5.74) is 19.5. The molecule has 0 atom stereocenters. The number of hydrogen-bond acceptors (Lipinski definition) is 1. The first-order valence-corrected chi connectivity index (χ1v) is 22.1. The summed E-state index contributed by atoms with van der Waals surface area (Å²) in [4.78, 5) is 2.44. The third-order valence-electron chi connectivity index (χ3n) is 13.9. The fourth-order valence-corrected chi connectivity index (χ4v) is 10.6. The van der Waals surface area contributed by atoms with Crippen LogP contribution in [0.3, 0.4) is 0 Å². The largest absolute Gasteiger partial charge is 0.310 e. The van der Waals surface area contributed by atoms with Gasteiger partial charge in [0.05, 0.1) is 0 Å². The predicted octanol–water partition coefficient (Wildman–Crippen LogP) is 16.6. The zero-order chi connectivity index (χ0) is 39.1. The van der Waals surface area contributed by atoms with Crippen LogP contribution in [0.25, 0.3) is 44.5 Å². The Morgan fingerprint density at radius 3 is 1.45 bits per heavy atom. The minimum atomic E-state index is -0.0775. The summed E-state index contributed by atoms with van der Waals surface area (Å²) >= 11 is 0. The van der Waals surface area contributed by atoms with Gasteiger partial charge in [0.2, 0.25) is 0 Å². The van der Waals surface area contributed by atoms with Gasteiger partial charge in [0, 0.05) is 22.5 Å². The second kappa shape index (κ2) is 15.6. The molecular formula is C57H55N. The van der Waals surface area contributed by atoms with Gasteiger partial charge in [-0.2, -0.15) is 0 Å². The Hall–Kier alpha value is -5.66. The van der Waals surface area contributed by atoms with E-state index in [1.807, 2.05) is 0 Å². The third-order valence-corrected chi connectivity index (χ3v) is 13.9. The molecule has 3 aliphatic rings. The molecular weight excluding hydrogens is 699 g/mol. The van der Waals surface area contributed by atoms with E-state index in [2.05, 4.69) is 183 Å².